The molecule has 1 aromatic carbocycles. The van der Waals surface area contributed by atoms with E-state index >= 15 is 0 Å². The van der Waals surface area contributed by atoms with Gasteiger partial charge < -0.3 is 20.1 Å². The van der Waals surface area contributed by atoms with Crippen molar-refractivity contribution in [2.75, 3.05) is 26.2 Å². The van der Waals surface area contributed by atoms with Crippen LogP contribution in [0.15, 0.2) is 42.6 Å². The van der Waals surface area contributed by atoms with E-state index < -0.39 is 0 Å². The van der Waals surface area contributed by atoms with E-state index in [4.69, 9.17) is 4.74 Å². The number of pyridine rings is 1. The van der Waals surface area contributed by atoms with Gasteiger partial charge in [-0.25, -0.2) is 0 Å². The largest absolute Gasteiger partial charge is 0.508 e. The van der Waals surface area contributed by atoms with Gasteiger partial charge in [0.2, 0.25) is 0 Å². The highest BCUT2D eigenvalue weighted by Gasteiger charge is 2.36. The fraction of sp³-hybridized carbons (Fsp3) is 0.417. The maximum atomic E-state index is 12.6. The molecule has 2 aliphatic heterocycles. The number of phenolic OH excluding ortho intramolecular Hbond substituents is 1. The molecule has 6 nitrogen and oxygen atoms in total. The first-order chi connectivity index (χ1) is 14.5. The number of carbonyl (C=O) groups excluding carboxylic acids is 1. The predicted octanol–water partition coefficient (Wildman–Crippen LogP) is 3.61. The number of aromatic nitrogens is 1. The Morgan fingerprint density at radius 2 is 2.03 bits per heavy atom. The number of phenols is 1. The molecular weight excluding hydrogens is 378 g/mol. The number of nitrogens with one attached hydrogen (secondary N) is 1. The van der Waals surface area contributed by atoms with Crippen molar-refractivity contribution in [3.05, 3.63) is 59.4 Å². The molecule has 0 saturated carbocycles. The zero-order valence-corrected chi connectivity index (χ0v) is 17.6. The summed E-state index contributed by atoms with van der Waals surface area (Å²) < 4.78 is 6.46. The molecule has 4 rings (SSSR count). The fourth-order valence-electron chi connectivity index (χ4n) is 4.31. The first-order valence-electron chi connectivity index (χ1n) is 10.8. The van der Waals surface area contributed by atoms with Gasteiger partial charge in [0.1, 0.15) is 22.8 Å². The standard InChI is InChI=1S/C24H29N3O3/c1-3-27(4-2)23(29)21-8-6-17(16-26-21)20-15-24(10-5-12-25-13-11-24)30-22-9-7-18(28)14-19(20)22/h6-9,14-16,25,28H,3-5,10-13H2,1-2H3. The van der Waals surface area contributed by atoms with Gasteiger partial charge in [0.25, 0.3) is 5.91 Å². The van der Waals surface area contributed by atoms with Gasteiger partial charge in [-0.2, -0.15) is 0 Å². The zero-order valence-electron chi connectivity index (χ0n) is 17.6. The van der Waals surface area contributed by atoms with Crippen LogP contribution >= 0.6 is 0 Å². The van der Waals surface area contributed by atoms with Crippen molar-refractivity contribution in [1.29, 1.82) is 0 Å². The molecule has 1 amide bonds. The molecule has 1 saturated heterocycles. The van der Waals surface area contributed by atoms with Gasteiger partial charge >= 0.3 is 0 Å². The Hall–Kier alpha value is -2.86. The van der Waals surface area contributed by atoms with E-state index in [1.54, 1.807) is 29.3 Å². The number of ether oxygens (including phenoxy) is 1. The molecular formula is C24H29N3O3. The van der Waals surface area contributed by atoms with Gasteiger partial charge in [-0.05, 0) is 75.7 Å². The molecule has 0 aliphatic carbocycles. The summed E-state index contributed by atoms with van der Waals surface area (Å²) in [5.74, 6) is 0.912. The summed E-state index contributed by atoms with van der Waals surface area (Å²) in [6, 6.07) is 8.96. The minimum atomic E-state index is -0.376. The third-order valence-corrected chi connectivity index (χ3v) is 6.00. The lowest BCUT2D eigenvalue weighted by molar-refractivity contribution is 0.0767. The Morgan fingerprint density at radius 1 is 1.20 bits per heavy atom. The number of carbonyl (C=O) groups is 1. The number of amides is 1. The molecule has 0 bridgehead atoms. The van der Waals surface area contributed by atoms with Crippen molar-refractivity contribution < 1.29 is 14.6 Å². The SMILES string of the molecule is CCN(CC)C(=O)c1ccc(C2=CC3(CCCNCC3)Oc3ccc(O)cc32)cn1. The number of benzene rings is 1. The van der Waals surface area contributed by atoms with Crippen LogP contribution in [0.4, 0.5) is 0 Å². The van der Waals surface area contributed by atoms with E-state index in [1.807, 2.05) is 26.0 Å². The second-order valence-electron chi connectivity index (χ2n) is 7.92. The molecule has 1 unspecified atom stereocenters. The Balaban J connectivity index is 1.74. The summed E-state index contributed by atoms with van der Waals surface area (Å²) in [6.07, 6.45) is 6.78. The van der Waals surface area contributed by atoms with Gasteiger partial charge in [-0.3, -0.25) is 9.78 Å². The molecule has 1 atom stereocenters. The van der Waals surface area contributed by atoms with Crippen LogP contribution in [-0.2, 0) is 0 Å². The van der Waals surface area contributed by atoms with Crippen LogP contribution in [0.2, 0.25) is 0 Å². The van der Waals surface area contributed by atoms with Crippen molar-refractivity contribution in [1.82, 2.24) is 15.2 Å². The number of hydrogen-bond acceptors (Lipinski definition) is 5. The highest BCUT2D eigenvalue weighted by Crippen LogP contribution is 2.43. The second kappa shape index (κ2) is 8.48. The summed E-state index contributed by atoms with van der Waals surface area (Å²) in [5.41, 5.74) is 2.82. The normalized spacial score (nSPS) is 20.7. The molecule has 2 aliphatic rings. The molecule has 3 heterocycles. The minimum Gasteiger partial charge on any atom is -0.508 e. The molecule has 0 radical (unpaired) electrons. The van der Waals surface area contributed by atoms with Crippen molar-refractivity contribution in [2.45, 2.75) is 38.7 Å². The fourth-order valence-corrected chi connectivity index (χ4v) is 4.31. The summed E-state index contributed by atoms with van der Waals surface area (Å²) in [5, 5.41) is 13.5. The molecule has 6 heteroatoms. The smallest absolute Gasteiger partial charge is 0.272 e. The molecule has 1 spiro atoms. The van der Waals surface area contributed by atoms with Gasteiger partial charge in [0, 0.05) is 36.8 Å². The average Bonchev–Trinajstić information content (AvgIpc) is 3.00. The van der Waals surface area contributed by atoms with E-state index in [0.717, 1.165) is 54.8 Å². The second-order valence-corrected chi connectivity index (χ2v) is 7.92. The summed E-state index contributed by atoms with van der Waals surface area (Å²) in [7, 11) is 0. The highest BCUT2D eigenvalue weighted by molar-refractivity contribution is 5.93. The molecule has 2 N–H and O–H groups in total. The maximum absolute atomic E-state index is 12.6. The van der Waals surface area contributed by atoms with Crippen LogP contribution in [0.1, 0.15) is 54.7 Å². The first-order valence-corrected chi connectivity index (χ1v) is 10.8. The van der Waals surface area contributed by atoms with E-state index in [1.165, 1.54) is 0 Å². The zero-order chi connectivity index (χ0) is 21.1. The number of nitrogens with zero attached hydrogens (tertiary/aromatic N) is 2. The lowest BCUT2D eigenvalue weighted by Crippen LogP contribution is -2.37. The van der Waals surface area contributed by atoms with Gasteiger partial charge in [-0.1, -0.05) is 6.07 Å². The van der Waals surface area contributed by atoms with Crippen molar-refractivity contribution >= 4 is 11.5 Å². The van der Waals surface area contributed by atoms with Crippen LogP contribution in [0.25, 0.3) is 5.57 Å². The quantitative estimate of drug-likeness (QED) is 0.810. The predicted molar refractivity (Wildman–Crippen MR) is 117 cm³/mol. The average molecular weight is 408 g/mol. The molecule has 30 heavy (non-hydrogen) atoms. The summed E-state index contributed by atoms with van der Waals surface area (Å²) >= 11 is 0. The third-order valence-electron chi connectivity index (χ3n) is 6.00. The molecule has 158 valence electrons. The van der Waals surface area contributed by atoms with Crippen molar-refractivity contribution in [2.24, 2.45) is 0 Å². The monoisotopic (exact) mass is 407 g/mol. The van der Waals surface area contributed by atoms with Crippen LogP contribution in [0.5, 0.6) is 11.5 Å². The van der Waals surface area contributed by atoms with E-state index in [0.29, 0.717) is 18.8 Å². The highest BCUT2D eigenvalue weighted by atomic mass is 16.5. The Morgan fingerprint density at radius 3 is 2.77 bits per heavy atom. The Bertz CT molecular complexity index is 941. The number of hydrogen-bond donors (Lipinski definition) is 2. The van der Waals surface area contributed by atoms with Crippen LogP contribution in [0.3, 0.4) is 0 Å². The Labute approximate surface area is 177 Å². The van der Waals surface area contributed by atoms with Crippen LogP contribution < -0.4 is 10.1 Å². The number of aromatic hydroxyl groups is 1. The van der Waals surface area contributed by atoms with Crippen LogP contribution in [0, 0.1) is 0 Å². The molecule has 2 aromatic rings. The number of rotatable bonds is 4. The minimum absolute atomic E-state index is 0.0585. The Kier molecular flexibility index (Phi) is 5.77. The maximum Gasteiger partial charge on any atom is 0.272 e. The summed E-state index contributed by atoms with van der Waals surface area (Å²) in [6.45, 7) is 7.13. The summed E-state index contributed by atoms with van der Waals surface area (Å²) in [4.78, 5) is 18.8. The van der Waals surface area contributed by atoms with Gasteiger partial charge in [0.15, 0.2) is 0 Å². The van der Waals surface area contributed by atoms with E-state index in [2.05, 4.69) is 16.4 Å². The first kappa shape index (κ1) is 20.4. The number of fused-ring (bicyclic) bond motifs is 1. The lowest BCUT2D eigenvalue weighted by atomic mass is 9.84. The molecule has 1 fully saturated rings. The van der Waals surface area contributed by atoms with Crippen molar-refractivity contribution in [3.63, 3.8) is 0 Å². The van der Waals surface area contributed by atoms with Gasteiger partial charge in [0.05, 0.1) is 0 Å². The van der Waals surface area contributed by atoms with E-state index in [9.17, 15) is 9.90 Å². The lowest BCUT2D eigenvalue weighted by Gasteiger charge is -2.36. The third kappa shape index (κ3) is 3.92. The van der Waals surface area contributed by atoms with E-state index in [-0.39, 0.29) is 17.3 Å². The van der Waals surface area contributed by atoms with Gasteiger partial charge in [-0.15, -0.1) is 0 Å². The molecule has 1 aromatic heterocycles. The topological polar surface area (TPSA) is 74.7 Å². The van der Waals surface area contributed by atoms with Crippen molar-refractivity contribution in [3.8, 4) is 11.5 Å². The van der Waals surface area contributed by atoms with Crippen LogP contribution in [-0.4, -0.2) is 52.7 Å².